The average Bonchev–Trinajstić information content (AvgIpc) is 1.99. The Bertz CT molecular complexity index is 93.9. The molecule has 0 spiro atoms. The van der Waals surface area contributed by atoms with E-state index >= 15 is 0 Å². The molecule has 0 amide bonds. The second kappa shape index (κ2) is 6.24. The fraction of sp³-hybridized carbons (Fsp3) is 0.667. The molecule has 0 heterocycles. The maximum absolute atomic E-state index is 3.04. The normalized spacial score (nSPS) is 17.6. The predicted octanol–water partition coefficient (Wildman–Crippen LogP) is 1.08. The second-order valence-corrected chi connectivity index (χ2v) is 2.96. The third kappa shape index (κ3) is 5.32. The molecule has 3 unspecified atom stereocenters. The summed E-state index contributed by atoms with van der Waals surface area (Å²) in [5.41, 5.74) is 0. The Hall–Kier alpha value is 0.520. The van der Waals surface area contributed by atoms with E-state index in [9.17, 15) is 0 Å². The first kappa shape index (κ1) is 10.5. The number of hydrogen-bond donors (Lipinski definition) is 2. The molecule has 4 atom stereocenters. The van der Waals surface area contributed by atoms with Gasteiger partial charge < -0.3 is 0 Å². The largest absolute Gasteiger partial charge is 0.294 e. The Labute approximate surface area is 67.7 Å². The van der Waals surface area contributed by atoms with Gasteiger partial charge in [-0.25, -0.2) is 0 Å². The molecule has 2 N–H and O–H groups in total. The molecule has 0 aliphatic rings. The van der Waals surface area contributed by atoms with Gasteiger partial charge in [-0.3, -0.25) is 10.2 Å². The molecule has 0 fully saturated rings. The molecule has 0 aromatic carbocycles. The van der Waals surface area contributed by atoms with E-state index in [1.165, 1.54) is 0 Å². The molecule has 0 saturated carbocycles. The standard InChI is InChI=1S/C6H16N2P2/c1-5(7-9)3-4-6(2)8-10/h3-8H,9-10H2,1-2H3/b4-3+/t5-,6?/m1/s1. The van der Waals surface area contributed by atoms with Gasteiger partial charge in [0.1, 0.15) is 0 Å². The van der Waals surface area contributed by atoms with Crippen LogP contribution in [0.5, 0.6) is 0 Å². The molecule has 0 bridgehead atoms. The van der Waals surface area contributed by atoms with Gasteiger partial charge >= 0.3 is 0 Å². The van der Waals surface area contributed by atoms with Crippen molar-refractivity contribution in [1.29, 1.82) is 0 Å². The lowest BCUT2D eigenvalue weighted by Gasteiger charge is -2.05. The minimum absolute atomic E-state index is 0.422. The molecular weight excluding hydrogens is 162 g/mol. The van der Waals surface area contributed by atoms with Crippen LogP contribution in [0.25, 0.3) is 0 Å². The zero-order valence-electron chi connectivity index (χ0n) is 6.46. The van der Waals surface area contributed by atoms with Crippen molar-refractivity contribution in [2.24, 2.45) is 0 Å². The van der Waals surface area contributed by atoms with Crippen molar-refractivity contribution in [1.82, 2.24) is 10.2 Å². The molecule has 0 rings (SSSR count). The highest BCUT2D eigenvalue weighted by Gasteiger charge is 1.92. The van der Waals surface area contributed by atoms with Crippen LogP contribution in [0, 0.1) is 0 Å². The molecule has 0 saturated heterocycles. The van der Waals surface area contributed by atoms with Crippen molar-refractivity contribution in [2.75, 3.05) is 0 Å². The summed E-state index contributed by atoms with van der Waals surface area (Å²) < 4.78 is 0. The van der Waals surface area contributed by atoms with E-state index in [1.54, 1.807) is 0 Å². The van der Waals surface area contributed by atoms with Gasteiger partial charge in [0.25, 0.3) is 0 Å². The molecular formula is C6H16N2P2. The summed E-state index contributed by atoms with van der Waals surface area (Å²) in [6, 6.07) is 0.844. The average molecular weight is 178 g/mol. The first-order valence-electron chi connectivity index (χ1n) is 3.31. The van der Waals surface area contributed by atoms with Crippen LogP contribution in [0.1, 0.15) is 13.8 Å². The Kier molecular flexibility index (Phi) is 6.57. The Morgan fingerprint density at radius 1 is 1.00 bits per heavy atom. The topological polar surface area (TPSA) is 24.1 Å². The van der Waals surface area contributed by atoms with Crippen LogP contribution >= 0.6 is 18.8 Å². The zero-order chi connectivity index (χ0) is 7.98. The monoisotopic (exact) mass is 178 g/mol. The summed E-state index contributed by atoms with van der Waals surface area (Å²) in [6.07, 6.45) is 4.24. The van der Waals surface area contributed by atoms with Crippen LogP contribution < -0.4 is 10.2 Å². The van der Waals surface area contributed by atoms with Gasteiger partial charge in [0.05, 0.1) is 0 Å². The molecule has 0 aromatic heterocycles. The minimum Gasteiger partial charge on any atom is -0.294 e. The highest BCUT2D eigenvalue weighted by atomic mass is 31.0. The fourth-order valence-electron chi connectivity index (χ4n) is 0.444. The lowest BCUT2D eigenvalue weighted by Crippen LogP contribution is -2.16. The van der Waals surface area contributed by atoms with E-state index < -0.39 is 0 Å². The van der Waals surface area contributed by atoms with Gasteiger partial charge in [-0.1, -0.05) is 30.9 Å². The van der Waals surface area contributed by atoms with Crippen molar-refractivity contribution >= 4 is 18.8 Å². The molecule has 0 aliphatic carbocycles. The third-order valence-corrected chi connectivity index (χ3v) is 2.27. The van der Waals surface area contributed by atoms with Gasteiger partial charge in [0.15, 0.2) is 0 Å². The SMILES string of the molecule is CC(/C=C/[C@@H](C)NP)NP. The molecule has 10 heavy (non-hydrogen) atoms. The van der Waals surface area contributed by atoms with Crippen molar-refractivity contribution < 1.29 is 0 Å². The molecule has 0 aliphatic heterocycles. The number of rotatable bonds is 4. The van der Waals surface area contributed by atoms with Crippen molar-refractivity contribution in [3.63, 3.8) is 0 Å². The van der Waals surface area contributed by atoms with Gasteiger partial charge in [-0.2, -0.15) is 0 Å². The summed E-state index contributed by atoms with van der Waals surface area (Å²) >= 11 is 0. The van der Waals surface area contributed by atoms with Gasteiger partial charge in [-0.15, -0.1) is 0 Å². The van der Waals surface area contributed by atoms with Crippen LogP contribution in [-0.2, 0) is 0 Å². The Morgan fingerprint density at radius 2 is 1.30 bits per heavy atom. The summed E-state index contributed by atoms with van der Waals surface area (Å²) in [6.45, 7) is 4.19. The minimum atomic E-state index is 0.422. The molecule has 60 valence electrons. The number of nitrogens with one attached hydrogen (secondary N) is 2. The Morgan fingerprint density at radius 3 is 1.50 bits per heavy atom. The van der Waals surface area contributed by atoms with Crippen LogP contribution in [0.15, 0.2) is 12.2 Å². The highest BCUT2D eigenvalue weighted by Crippen LogP contribution is 1.92. The molecule has 0 aromatic rings. The smallest absolute Gasteiger partial charge is 0.0254 e. The maximum Gasteiger partial charge on any atom is 0.0254 e. The van der Waals surface area contributed by atoms with E-state index in [0.717, 1.165) is 0 Å². The summed E-state index contributed by atoms with van der Waals surface area (Å²) in [5, 5.41) is 6.08. The van der Waals surface area contributed by atoms with Crippen LogP contribution in [0.3, 0.4) is 0 Å². The van der Waals surface area contributed by atoms with E-state index in [2.05, 4.69) is 55.0 Å². The number of hydrogen-bond acceptors (Lipinski definition) is 2. The third-order valence-electron chi connectivity index (χ3n) is 1.21. The summed E-state index contributed by atoms with van der Waals surface area (Å²) in [7, 11) is 4.98. The van der Waals surface area contributed by atoms with Crippen LogP contribution in [-0.4, -0.2) is 12.1 Å². The van der Waals surface area contributed by atoms with Gasteiger partial charge in [0, 0.05) is 12.1 Å². The summed E-state index contributed by atoms with van der Waals surface area (Å²) in [5.74, 6) is 0. The van der Waals surface area contributed by atoms with E-state index in [4.69, 9.17) is 0 Å². The lowest BCUT2D eigenvalue weighted by molar-refractivity contribution is 0.809. The lowest BCUT2D eigenvalue weighted by atomic mass is 10.2. The quantitative estimate of drug-likeness (QED) is 0.497. The first-order valence-corrected chi connectivity index (χ1v) is 4.46. The zero-order valence-corrected chi connectivity index (χ0v) is 8.77. The van der Waals surface area contributed by atoms with Crippen molar-refractivity contribution in [3.8, 4) is 0 Å². The second-order valence-electron chi connectivity index (χ2n) is 2.30. The predicted molar refractivity (Wildman–Crippen MR) is 53.8 cm³/mol. The van der Waals surface area contributed by atoms with Crippen LogP contribution in [0.4, 0.5) is 0 Å². The molecule has 0 radical (unpaired) electrons. The summed E-state index contributed by atoms with van der Waals surface area (Å²) in [4.78, 5) is 0. The van der Waals surface area contributed by atoms with E-state index in [-0.39, 0.29) is 0 Å². The maximum atomic E-state index is 3.04. The van der Waals surface area contributed by atoms with Gasteiger partial charge in [0.2, 0.25) is 0 Å². The van der Waals surface area contributed by atoms with Crippen molar-refractivity contribution in [3.05, 3.63) is 12.2 Å². The first-order chi connectivity index (χ1) is 4.70. The Balaban J connectivity index is 3.52. The van der Waals surface area contributed by atoms with Crippen LogP contribution in [0.2, 0.25) is 0 Å². The highest BCUT2D eigenvalue weighted by molar-refractivity contribution is 7.13. The molecule has 2 nitrogen and oxygen atoms in total. The van der Waals surface area contributed by atoms with E-state index in [0.29, 0.717) is 12.1 Å². The van der Waals surface area contributed by atoms with Crippen molar-refractivity contribution in [2.45, 2.75) is 25.9 Å². The fourth-order valence-corrected chi connectivity index (χ4v) is 0.667. The van der Waals surface area contributed by atoms with Gasteiger partial charge in [-0.05, 0) is 13.8 Å². The van der Waals surface area contributed by atoms with E-state index in [1.807, 2.05) is 0 Å². The molecule has 4 heteroatoms.